The van der Waals surface area contributed by atoms with Gasteiger partial charge in [-0.25, -0.2) is 9.97 Å². The van der Waals surface area contributed by atoms with Crippen molar-refractivity contribution >= 4 is 17.2 Å². The minimum atomic E-state index is -0.0314. The summed E-state index contributed by atoms with van der Waals surface area (Å²) < 4.78 is 0. The highest BCUT2D eigenvalue weighted by Gasteiger charge is 2.27. The number of rotatable bonds is 2. The molecule has 2 aromatic heterocycles. The zero-order chi connectivity index (χ0) is 13.9. The lowest BCUT2D eigenvalue weighted by molar-refractivity contribution is 0.0700. The summed E-state index contributed by atoms with van der Waals surface area (Å²) in [5.74, 6) is 0.319. The van der Waals surface area contributed by atoms with Gasteiger partial charge in [-0.3, -0.25) is 9.78 Å². The van der Waals surface area contributed by atoms with Crippen molar-refractivity contribution in [2.45, 2.75) is 25.7 Å². The van der Waals surface area contributed by atoms with Crippen LogP contribution in [0.2, 0.25) is 0 Å². The molecule has 0 spiro atoms. The third-order valence-electron chi connectivity index (χ3n) is 3.48. The Balaban J connectivity index is 1.74. The lowest BCUT2D eigenvalue weighted by atomic mass is 9.98. The minimum Gasteiger partial charge on any atom is -0.337 e. The van der Waals surface area contributed by atoms with Crippen LogP contribution in [0.4, 0.5) is 0 Å². The summed E-state index contributed by atoms with van der Waals surface area (Å²) in [7, 11) is 0. The highest BCUT2D eigenvalue weighted by atomic mass is 32.1. The van der Waals surface area contributed by atoms with E-state index in [9.17, 15) is 4.79 Å². The molecule has 3 heterocycles. The molecule has 0 saturated carbocycles. The van der Waals surface area contributed by atoms with Crippen molar-refractivity contribution in [1.82, 2.24) is 19.9 Å². The lowest BCUT2D eigenvalue weighted by Gasteiger charge is -2.31. The average molecular weight is 288 g/mol. The number of carbonyl (C=O) groups is 1. The van der Waals surface area contributed by atoms with E-state index in [0.29, 0.717) is 11.6 Å². The van der Waals surface area contributed by atoms with Gasteiger partial charge in [0, 0.05) is 42.5 Å². The van der Waals surface area contributed by atoms with Gasteiger partial charge in [0.05, 0.1) is 11.2 Å². The van der Waals surface area contributed by atoms with Crippen LogP contribution in [0.1, 0.15) is 39.1 Å². The normalized spacial score (nSPS) is 19.1. The first kappa shape index (κ1) is 13.2. The van der Waals surface area contributed by atoms with E-state index >= 15 is 0 Å². The van der Waals surface area contributed by atoms with E-state index < -0.39 is 0 Å². The summed E-state index contributed by atoms with van der Waals surface area (Å²) >= 11 is 1.73. The van der Waals surface area contributed by atoms with Gasteiger partial charge in [-0.2, -0.15) is 0 Å². The second-order valence-electron chi connectivity index (χ2n) is 4.99. The average Bonchev–Trinajstić information content (AvgIpc) is 2.94. The van der Waals surface area contributed by atoms with Crippen LogP contribution in [0.3, 0.4) is 0 Å². The second kappa shape index (κ2) is 5.66. The molecule has 1 aliphatic rings. The number of thiazole rings is 1. The summed E-state index contributed by atoms with van der Waals surface area (Å²) in [6.45, 7) is 3.57. The van der Waals surface area contributed by atoms with Crippen molar-refractivity contribution < 1.29 is 4.79 Å². The van der Waals surface area contributed by atoms with Gasteiger partial charge in [0.2, 0.25) is 0 Å². The number of aryl methyl sites for hydroxylation is 1. The van der Waals surface area contributed by atoms with E-state index in [0.717, 1.165) is 30.9 Å². The number of likely N-dealkylation sites (tertiary alicyclic amines) is 1. The van der Waals surface area contributed by atoms with Gasteiger partial charge < -0.3 is 4.90 Å². The number of piperidine rings is 1. The third-order valence-corrected chi connectivity index (χ3v) is 4.55. The van der Waals surface area contributed by atoms with Crippen molar-refractivity contribution in [2.24, 2.45) is 0 Å². The standard InChI is InChI=1S/C14H16N4OS/c1-10-7-17-13(20-10)11-3-2-6-18(9-11)14(19)12-8-15-4-5-16-12/h4-5,7-8,11H,2-3,6,9H2,1H3/t11-/m1/s1. The van der Waals surface area contributed by atoms with E-state index in [-0.39, 0.29) is 5.91 Å². The molecule has 0 bridgehead atoms. The number of hydrogen-bond acceptors (Lipinski definition) is 5. The molecule has 0 N–H and O–H groups in total. The molecule has 0 unspecified atom stereocenters. The molecule has 1 fully saturated rings. The molecule has 6 heteroatoms. The Bertz CT molecular complexity index is 598. The van der Waals surface area contributed by atoms with Gasteiger partial charge in [0.1, 0.15) is 5.69 Å². The van der Waals surface area contributed by atoms with Gasteiger partial charge in [0.15, 0.2) is 0 Å². The Morgan fingerprint density at radius 2 is 2.25 bits per heavy atom. The van der Waals surface area contributed by atoms with E-state index in [2.05, 4.69) is 21.9 Å². The molecule has 1 saturated heterocycles. The van der Waals surface area contributed by atoms with Crippen LogP contribution < -0.4 is 0 Å². The first-order valence-electron chi connectivity index (χ1n) is 6.71. The minimum absolute atomic E-state index is 0.0314. The maximum Gasteiger partial charge on any atom is 0.274 e. The number of amides is 1. The molecule has 0 radical (unpaired) electrons. The molecule has 2 aromatic rings. The van der Waals surface area contributed by atoms with E-state index in [1.165, 1.54) is 11.1 Å². The van der Waals surface area contributed by atoms with Crippen LogP contribution >= 0.6 is 11.3 Å². The smallest absolute Gasteiger partial charge is 0.274 e. The molecule has 1 amide bonds. The molecule has 20 heavy (non-hydrogen) atoms. The van der Waals surface area contributed by atoms with Crippen molar-refractivity contribution in [3.05, 3.63) is 40.4 Å². The summed E-state index contributed by atoms with van der Waals surface area (Å²) in [4.78, 5) is 28.0. The number of hydrogen-bond donors (Lipinski definition) is 0. The fourth-order valence-corrected chi connectivity index (χ4v) is 3.40. The fourth-order valence-electron chi connectivity index (χ4n) is 2.50. The van der Waals surface area contributed by atoms with Crippen LogP contribution in [-0.4, -0.2) is 38.8 Å². The predicted molar refractivity (Wildman–Crippen MR) is 76.8 cm³/mol. The first-order chi connectivity index (χ1) is 9.74. The molecule has 104 valence electrons. The fraction of sp³-hybridized carbons (Fsp3) is 0.429. The topological polar surface area (TPSA) is 59.0 Å². The largest absolute Gasteiger partial charge is 0.337 e. The number of nitrogens with zero attached hydrogens (tertiary/aromatic N) is 4. The zero-order valence-electron chi connectivity index (χ0n) is 11.3. The monoisotopic (exact) mass is 288 g/mol. The van der Waals surface area contributed by atoms with Crippen LogP contribution in [-0.2, 0) is 0 Å². The summed E-state index contributed by atoms with van der Waals surface area (Å²) in [5, 5.41) is 1.14. The number of carbonyl (C=O) groups excluding carboxylic acids is 1. The summed E-state index contributed by atoms with van der Waals surface area (Å²) in [5.41, 5.74) is 0.420. The Kier molecular flexibility index (Phi) is 3.73. The Morgan fingerprint density at radius 3 is 2.95 bits per heavy atom. The van der Waals surface area contributed by atoms with Crippen molar-refractivity contribution in [1.29, 1.82) is 0 Å². The van der Waals surface area contributed by atoms with Crippen molar-refractivity contribution in [2.75, 3.05) is 13.1 Å². The number of aromatic nitrogens is 3. The van der Waals surface area contributed by atoms with Gasteiger partial charge in [-0.1, -0.05) is 0 Å². The molecule has 0 aliphatic carbocycles. The van der Waals surface area contributed by atoms with Crippen LogP contribution in [0.25, 0.3) is 0 Å². The summed E-state index contributed by atoms with van der Waals surface area (Å²) in [6.07, 6.45) is 8.67. The van der Waals surface area contributed by atoms with E-state index in [1.54, 1.807) is 23.7 Å². The van der Waals surface area contributed by atoms with Gasteiger partial charge in [-0.05, 0) is 19.8 Å². The Hall–Kier alpha value is -1.82. The van der Waals surface area contributed by atoms with E-state index in [1.807, 2.05) is 11.1 Å². The molecule has 1 aliphatic heterocycles. The molecule has 5 nitrogen and oxygen atoms in total. The zero-order valence-corrected chi connectivity index (χ0v) is 12.1. The Labute approximate surface area is 121 Å². The highest BCUT2D eigenvalue weighted by Crippen LogP contribution is 2.30. The third kappa shape index (κ3) is 2.70. The molecular weight excluding hydrogens is 272 g/mol. The predicted octanol–water partition coefficient (Wildman–Crippen LogP) is 2.26. The molecule has 1 atom stereocenters. The maximum absolute atomic E-state index is 12.4. The summed E-state index contributed by atoms with van der Waals surface area (Å²) in [6, 6.07) is 0. The lowest BCUT2D eigenvalue weighted by Crippen LogP contribution is -2.39. The first-order valence-corrected chi connectivity index (χ1v) is 7.53. The van der Waals surface area contributed by atoms with Crippen molar-refractivity contribution in [3.63, 3.8) is 0 Å². The van der Waals surface area contributed by atoms with E-state index in [4.69, 9.17) is 0 Å². The highest BCUT2D eigenvalue weighted by molar-refractivity contribution is 7.11. The van der Waals surface area contributed by atoms with Crippen LogP contribution in [0.15, 0.2) is 24.8 Å². The second-order valence-corrected chi connectivity index (χ2v) is 6.26. The SMILES string of the molecule is Cc1cnc([C@@H]2CCCN(C(=O)c3cnccn3)C2)s1. The molecule has 0 aromatic carbocycles. The van der Waals surface area contributed by atoms with Crippen LogP contribution in [0, 0.1) is 6.92 Å². The van der Waals surface area contributed by atoms with Gasteiger partial charge in [0.25, 0.3) is 5.91 Å². The van der Waals surface area contributed by atoms with Gasteiger partial charge in [-0.15, -0.1) is 11.3 Å². The van der Waals surface area contributed by atoms with Crippen molar-refractivity contribution in [3.8, 4) is 0 Å². The van der Waals surface area contributed by atoms with Crippen LogP contribution in [0.5, 0.6) is 0 Å². The quantitative estimate of drug-likeness (QED) is 0.850. The molecular formula is C14H16N4OS. The molecule has 3 rings (SSSR count). The maximum atomic E-state index is 12.4. The Morgan fingerprint density at radius 1 is 1.35 bits per heavy atom. The van der Waals surface area contributed by atoms with Gasteiger partial charge >= 0.3 is 0 Å².